The van der Waals surface area contributed by atoms with E-state index in [-0.39, 0.29) is 5.41 Å². The van der Waals surface area contributed by atoms with Crippen LogP contribution in [-0.4, -0.2) is 22.7 Å². The van der Waals surface area contributed by atoms with Crippen LogP contribution in [0, 0.1) is 0 Å². The van der Waals surface area contributed by atoms with Crippen LogP contribution in [0.15, 0.2) is 59.8 Å². The van der Waals surface area contributed by atoms with Crippen LogP contribution in [-0.2, 0) is 15.1 Å². The summed E-state index contributed by atoms with van der Waals surface area (Å²) in [4.78, 5) is 24.4. The van der Waals surface area contributed by atoms with Gasteiger partial charge in [0.15, 0.2) is 0 Å². The molecule has 158 valence electrons. The minimum absolute atomic E-state index is 0.0559. The number of carbonyl (C=O) groups excluding carboxylic acids is 1. The Bertz CT molecular complexity index is 911. The monoisotopic (exact) mass is 407 g/mol. The Kier molecular flexibility index (Phi) is 5.41. The average Bonchev–Trinajstić information content (AvgIpc) is 3.06. The summed E-state index contributed by atoms with van der Waals surface area (Å²) < 4.78 is 0. The maximum Gasteiger partial charge on any atom is 0.436 e. The first-order valence-electron chi connectivity index (χ1n) is 10.6. The quantitative estimate of drug-likeness (QED) is 0.698. The lowest BCUT2D eigenvalue weighted by molar-refractivity contribution is -0.224. The van der Waals surface area contributed by atoms with Crippen LogP contribution < -0.4 is 5.32 Å². The molecule has 1 fully saturated rings. The third-order valence-electron chi connectivity index (χ3n) is 5.70. The van der Waals surface area contributed by atoms with Crippen molar-refractivity contribution in [2.75, 3.05) is 5.32 Å². The number of carbonyl (C=O) groups is 1. The van der Waals surface area contributed by atoms with Crippen molar-refractivity contribution in [2.45, 2.75) is 64.0 Å². The number of hydrogen-bond donors (Lipinski definition) is 1. The Balaban J connectivity index is 1.52. The Labute approximate surface area is 177 Å². The molecule has 2 aliphatic rings. The fourth-order valence-corrected chi connectivity index (χ4v) is 3.95. The summed E-state index contributed by atoms with van der Waals surface area (Å²) in [6.07, 6.45) is 4.13. The molecule has 30 heavy (non-hydrogen) atoms. The summed E-state index contributed by atoms with van der Waals surface area (Å²) in [7, 11) is 0. The highest BCUT2D eigenvalue weighted by Crippen LogP contribution is 2.40. The van der Waals surface area contributed by atoms with E-state index in [2.05, 4.69) is 31.2 Å². The molecule has 1 heterocycles. The zero-order chi connectivity index (χ0) is 21.2. The molecule has 1 amide bonds. The van der Waals surface area contributed by atoms with E-state index in [9.17, 15) is 4.79 Å². The maximum absolute atomic E-state index is 12.8. The van der Waals surface area contributed by atoms with Gasteiger partial charge in [0.2, 0.25) is 11.6 Å². The molecule has 1 aliphatic carbocycles. The van der Waals surface area contributed by atoms with Gasteiger partial charge in [-0.05, 0) is 36.0 Å². The normalized spacial score (nSPS) is 18.0. The van der Waals surface area contributed by atoms with E-state index in [1.165, 1.54) is 5.56 Å². The highest BCUT2D eigenvalue weighted by molar-refractivity contribution is 5.99. The van der Waals surface area contributed by atoms with E-state index in [4.69, 9.17) is 9.68 Å². The fourth-order valence-electron chi connectivity index (χ4n) is 3.95. The van der Waals surface area contributed by atoms with Crippen LogP contribution in [0.2, 0.25) is 0 Å². The van der Waals surface area contributed by atoms with Gasteiger partial charge < -0.3 is 9.68 Å². The molecular formula is C24H29N3O3. The van der Waals surface area contributed by atoms with E-state index >= 15 is 0 Å². The molecule has 2 aromatic carbocycles. The minimum atomic E-state index is -0.725. The third-order valence-corrected chi connectivity index (χ3v) is 5.70. The molecule has 4 rings (SSSR count). The van der Waals surface area contributed by atoms with Gasteiger partial charge in [-0.25, -0.2) is 4.79 Å². The van der Waals surface area contributed by atoms with Gasteiger partial charge in [0.05, 0.1) is 0 Å². The van der Waals surface area contributed by atoms with Gasteiger partial charge in [0.25, 0.3) is 0 Å². The predicted octanol–water partition coefficient (Wildman–Crippen LogP) is 5.80. The van der Waals surface area contributed by atoms with Crippen molar-refractivity contribution in [1.29, 1.82) is 0 Å². The standard InChI is InChI=1S/C24H29N3O3/c1-23(2,3)19-12-14-20(15-13-19)25-22(28)29-27-21(18-10-6-4-7-11-18)26-30-24(27)16-8-5-9-17-24/h4,6-7,10-15H,5,8-9,16-17H2,1-3H3,(H,25,28). The molecule has 1 saturated carbocycles. The second-order valence-electron chi connectivity index (χ2n) is 9.00. The second-order valence-corrected chi connectivity index (χ2v) is 9.00. The number of amidine groups is 1. The highest BCUT2D eigenvalue weighted by atomic mass is 16.8. The van der Waals surface area contributed by atoms with Crippen LogP contribution in [0.4, 0.5) is 10.5 Å². The minimum Gasteiger partial charge on any atom is -0.362 e. The third kappa shape index (κ3) is 4.13. The topological polar surface area (TPSA) is 63.2 Å². The zero-order valence-electron chi connectivity index (χ0n) is 17.9. The molecule has 2 aromatic rings. The molecule has 0 unspecified atom stereocenters. The number of rotatable bonds is 3. The van der Waals surface area contributed by atoms with Gasteiger partial charge in [0, 0.05) is 24.1 Å². The summed E-state index contributed by atoms with van der Waals surface area (Å²) in [5, 5.41) is 8.70. The van der Waals surface area contributed by atoms with Gasteiger partial charge in [-0.3, -0.25) is 5.32 Å². The van der Waals surface area contributed by atoms with Crippen molar-refractivity contribution in [3.8, 4) is 0 Å². The van der Waals surface area contributed by atoms with Crippen LogP contribution in [0.1, 0.15) is 64.0 Å². The van der Waals surface area contributed by atoms with Crippen LogP contribution >= 0.6 is 0 Å². The van der Waals surface area contributed by atoms with Crippen molar-refractivity contribution in [3.05, 3.63) is 65.7 Å². The van der Waals surface area contributed by atoms with Gasteiger partial charge >= 0.3 is 6.09 Å². The Hall–Kier alpha value is -3.02. The number of anilines is 1. The molecule has 0 saturated heterocycles. The first-order chi connectivity index (χ1) is 14.4. The molecule has 0 atom stereocenters. The molecule has 0 aromatic heterocycles. The smallest absolute Gasteiger partial charge is 0.362 e. The molecule has 6 nitrogen and oxygen atoms in total. The van der Waals surface area contributed by atoms with E-state index in [1.54, 1.807) is 5.06 Å². The number of hydrogen-bond acceptors (Lipinski definition) is 5. The summed E-state index contributed by atoms with van der Waals surface area (Å²) >= 11 is 0. The molecule has 1 spiro atoms. The van der Waals surface area contributed by atoms with Gasteiger partial charge in [-0.1, -0.05) is 74.8 Å². The number of benzene rings is 2. The molecule has 0 bridgehead atoms. The maximum atomic E-state index is 12.8. The SMILES string of the molecule is CC(C)(C)c1ccc(NC(=O)ON2C(c3ccccc3)=NOC23CCCCC3)cc1. The molecule has 1 aliphatic heterocycles. The Morgan fingerprint density at radius 2 is 1.70 bits per heavy atom. The van der Waals surface area contributed by atoms with Crippen molar-refractivity contribution in [1.82, 2.24) is 5.06 Å². The summed E-state index contributed by atoms with van der Waals surface area (Å²) in [5.74, 6) is 0.524. The van der Waals surface area contributed by atoms with Crippen molar-refractivity contribution in [3.63, 3.8) is 0 Å². The first-order valence-corrected chi connectivity index (χ1v) is 10.6. The lowest BCUT2D eigenvalue weighted by Crippen LogP contribution is -2.51. The van der Waals surface area contributed by atoms with E-state index in [0.29, 0.717) is 11.5 Å². The second kappa shape index (κ2) is 8.01. The van der Waals surface area contributed by atoms with Crippen molar-refractivity contribution >= 4 is 17.6 Å². The largest absolute Gasteiger partial charge is 0.436 e. The van der Waals surface area contributed by atoms with E-state index in [1.807, 2.05) is 54.6 Å². The Morgan fingerprint density at radius 1 is 1.03 bits per heavy atom. The van der Waals surface area contributed by atoms with Crippen LogP contribution in [0.25, 0.3) is 0 Å². The lowest BCUT2D eigenvalue weighted by atomic mass is 9.87. The highest BCUT2D eigenvalue weighted by Gasteiger charge is 2.50. The Morgan fingerprint density at radius 3 is 2.33 bits per heavy atom. The zero-order valence-corrected chi connectivity index (χ0v) is 17.9. The van der Waals surface area contributed by atoms with E-state index in [0.717, 1.165) is 37.7 Å². The summed E-state index contributed by atoms with van der Waals surface area (Å²) in [6.45, 7) is 6.47. The first kappa shape index (κ1) is 20.3. The lowest BCUT2D eigenvalue weighted by Gasteiger charge is -2.37. The number of hydroxylamine groups is 2. The average molecular weight is 408 g/mol. The van der Waals surface area contributed by atoms with Crippen molar-refractivity contribution in [2.24, 2.45) is 5.16 Å². The predicted molar refractivity (Wildman–Crippen MR) is 117 cm³/mol. The van der Waals surface area contributed by atoms with Gasteiger partial charge in [-0.2, -0.15) is 0 Å². The van der Waals surface area contributed by atoms with Crippen LogP contribution in [0.5, 0.6) is 0 Å². The van der Waals surface area contributed by atoms with Gasteiger partial charge in [-0.15, -0.1) is 5.06 Å². The fraction of sp³-hybridized carbons (Fsp3) is 0.417. The summed E-state index contributed by atoms with van der Waals surface area (Å²) in [6, 6.07) is 17.5. The molecule has 1 N–H and O–H groups in total. The number of oxime groups is 1. The number of nitrogens with zero attached hydrogens (tertiary/aromatic N) is 2. The summed E-state index contributed by atoms with van der Waals surface area (Å²) in [5.41, 5.74) is 2.07. The number of nitrogens with one attached hydrogen (secondary N) is 1. The molecule has 6 heteroatoms. The molecule has 0 radical (unpaired) electrons. The molecular weight excluding hydrogens is 378 g/mol. The van der Waals surface area contributed by atoms with Crippen LogP contribution in [0.3, 0.4) is 0 Å². The van der Waals surface area contributed by atoms with Gasteiger partial charge in [0.1, 0.15) is 0 Å². The van der Waals surface area contributed by atoms with Crippen molar-refractivity contribution < 1.29 is 14.5 Å². The number of amides is 1. The van der Waals surface area contributed by atoms with E-state index < -0.39 is 11.8 Å².